The number of amides is 3. The molecule has 2 atom stereocenters. The van der Waals surface area contributed by atoms with Gasteiger partial charge in [-0.3, -0.25) is 24.6 Å². The molecule has 1 aromatic carbocycles. The number of imide groups is 1. The molecule has 26 heavy (non-hydrogen) atoms. The van der Waals surface area contributed by atoms with Crippen LogP contribution in [-0.4, -0.2) is 62.1 Å². The highest BCUT2D eigenvalue weighted by Crippen LogP contribution is 2.44. The van der Waals surface area contributed by atoms with E-state index in [4.69, 9.17) is 13.6 Å². The average molecular weight is 367 g/mol. The molecule has 7 N–H and O–H groups in total. The minimum Gasteiger partial charge on any atom is -0.504 e. The Hall–Kier alpha value is -2.86. The number of halogens is 1. The molecule has 0 fully saturated rings. The smallest absolute Gasteiger partial charge is 0.279 e. The molecule has 2 radical (unpaired) electrons. The van der Waals surface area contributed by atoms with Gasteiger partial charge in [0.15, 0.2) is 11.5 Å². The molecular formula is C14H15BFN3O7. The number of phenolic OH excluding ortho intramolecular Hbond substituents is 2. The minimum absolute atomic E-state index is 0.211. The number of hydrogen-bond acceptors (Lipinski definition) is 8. The first kappa shape index (κ1) is 19.5. The first-order valence-electron chi connectivity index (χ1n) is 7.14. The van der Waals surface area contributed by atoms with Crippen LogP contribution in [0.5, 0.6) is 11.5 Å². The molecule has 0 spiro atoms. The zero-order chi connectivity index (χ0) is 20.2. The number of fused-ring (bicyclic) bond motifs is 1. The standard InChI is InChI=1S/C14H15BFN3O7/c1-13(15,25)11(23)18-12(24)14(2,26)19-3-4-5(10(19)22)8(20)6(16)9(21)7(4)17/h20-21,25-26H,3,17H2,1-2H3,(H,18,23,24). The highest BCUT2D eigenvalue weighted by molar-refractivity contribution is 6.28. The second-order valence-corrected chi connectivity index (χ2v) is 6.12. The molecule has 1 aliphatic heterocycles. The molecule has 1 aliphatic rings. The van der Waals surface area contributed by atoms with E-state index in [-0.39, 0.29) is 5.56 Å². The quantitative estimate of drug-likeness (QED) is 0.154. The lowest BCUT2D eigenvalue weighted by molar-refractivity contribution is -0.158. The van der Waals surface area contributed by atoms with Gasteiger partial charge in [0.2, 0.25) is 17.4 Å². The normalized spacial score (nSPS) is 18.0. The molecular weight excluding hydrogens is 352 g/mol. The van der Waals surface area contributed by atoms with Crippen molar-refractivity contribution in [3.8, 4) is 11.5 Å². The molecule has 0 bridgehead atoms. The fraction of sp³-hybridized carbons (Fsp3) is 0.357. The first-order chi connectivity index (χ1) is 11.7. The highest BCUT2D eigenvalue weighted by atomic mass is 19.1. The summed E-state index contributed by atoms with van der Waals surface area (Å²) in [6.07, 6.45) is 0. The topological polar surface area (TPSA) is 173 Å². The van der Waals surface area contributed by atoms with Crippen LogP contribution in [0.25, 0.3) is 0 Å². The van der Waals surface area contributed by atoms with Crippen LogP contribution in [-0.2, 0) is 16.1 Å². The molecule has 0 saturated heterocycles. The van der Waals surface area contributed by atoms with Gasteiger partial charge in [-0.05, 0) is 13.8 Å². The van der Waals surface area contributed by atoms with Crippen molar-refractivity contribution < 1.29 is 39.2 Å². The zero-order valence-corrected chi connectivity index (χ0v) is 13.7. The van der Waals surface area contributed by atoms with E-state index in [1.807, 2.05) is 0 Å². The largest absolute Gasteiger partial charge is 0.504 e. The van der Waals surface area contributed by atoms with Gasteiger partial charge in [0.25, 0.3) is 11.8 Å². The fourth-order valence-corrected chi connectivity index (χ4v) is 2.34. The van der Waals surface area contributed by atoms with E-state index in [9.17, 15) is 39.2 Å². The molecule has 0 saturated carbocycles. The van der Waals surface area contributed by atoms with Crippen LogP contribution in [0.15, 0.2) is 0 Å². The minimum atomic E-state index is -2.66. The van der Waals surface area contributed by atoms with E-state index in [1.165, 1.54) is 0 Å². The molecule has 0 aromatic heterocycles. The van der Waals surface area contributed by atoms with Gasteiger partial charge in [-0.25, -0.2) is 0 Å². The average Bonchev–Trinajstić information content (AvgIpc) is 2.88. The number of nitrogens with zero attached hydrogens (tertiary/aromatic N) is 1. The van der Waals surface area contributed by atoms with Crippen LogP contribution >= 0.6 is 0 Å². The van der Waals surface area contributed by atoms with Gasteiger partial charge < -0.3 is 26.2 Å². The Balaban J connectivity index is 2.40. The number of aromatic hydroxyl groups is 2. The van der Waals surface area contributed by atoms with Crippen molar-refractivity contribution in [2.75, 3.05) is 5.73 Å². The maximum Gasteiger partial charge on any atom is 0.279 e. The number of nitrogens with one attached hydrogen (secondary N) is 1. The SMILES string of the molecule is [B]C(C)(O)C(=O)NC(=O)C(C)(O)N1Cc2c(N)c(O)c(F)c(O)c2C1=O. The number of nitrogen functional groups attached to an aromatic ring is 1. The van der Waals surface area contributed by atoms with Gasteiger partial charge in [-0.1, -0.05) is 0 Å². The van der Waals surface area contributed by atoms with Gasteiger partial charge in [0.05, 0.1) is 23.3 Å². The number of phenols is 2. The number of carbonyl (C=O) groups is 3. The number of rotatable bonds is 3. The summed E-state index contributed by atoms with van der Waals surface area (Å²) >= 11 is 0. The molecule has 1 heterocycles. The van der Waals surface area contributed by atoms with E-state index in [0.29, 0.717) is 4.90 Å². The third kappa shape index (κ3) is 2.82. The summed E-state index contributed by atoms with van der Waals surface area (Å²) in [6.45, 7) is 1.15. The molecule has 2 rings (SSSR count). The number of aliphatic hydroxyl groups is 2. The Labute approximate surface area is 147 Å². The maximum atomic E-state index is 13.7. The van der Waals surface area contributed by atoms with Crippen molar-refractivity contribution in [2.24, 2.45) is 0 Å². The third-order valence-corrected chi connectivity index (χ3v) is 3.95. The van der Waals surface area contributed by atoms with Crippen LogP contribution in [0.2, 0.25) is 0 Å². The Morgan fingerprint density at radius 1 is 1.23 bits per heavy atom. The van der Waals surface area contributed by atoms with Crippen molar-refractivity contribution in [1.29, 1.82) is 0 Å². The van der Waals surface area contributed by atoms with Gasteiger partial charge in [0, 0.05) is 5.56 Å². The highest BCUT2D eigenvalue weighted by Gasteiger charge is 2.48. The van der Waals surface area contributed by atoms with Crippen molar-refractivity contribution >= 4 is 31.3 Å². The summed E-state index contributed by atoms with van der Waals surface area (Å²) in [5.74, 6) is -7.76. The van der Waals surface area contributed by atoms with Gasteiger partial charge >= 0.3 is 0 Å². The number of nitrogens with two attached hydrogens (primary N) is 1. The molecule has 0 aliphatic carbocycles. The summed E-state index contributed by atoms with van der Waals surface area (Å²) in [5.41, 5.74) is -0.975. The van der Waals surface area contributed by atoms with Crippen LogP contribution < -0.4 is 11.1 Å². The van der Waals surface area contributed by atoms with Crippen molar-refractivity contribution in [3.63, 3.8) is 0 Å². The third-order valence-electron chi connectivity index (χ3n) is 3.95. The van der Waals surface area contributed by atoms with Crippen molar-refractivity contribution in [3.05, 3.63) is 16.9 Å². The second kappa shape index (κ2) is 5.85. The summed E-state index contributed by atoms with van der Waals surface area (Å²) < 4.78 is 13.7. The molecule has 12 heteroatoms. The van der Waals surface area contributed by atoms with Crippen molar-refractivity contribution in [2.45, 2.75) is 31.6 Å². The van der Waals surface area contributed by atoms with E-state index < -0.39 is 64.1 Å². The van der Waals surface area contributed by atoms with Crippen LogP contribution in [0.3, 0.4) is 0 Å². The zero-order valence-electron chi connectivity index (χ0n) is 13.7. The fourth-order valence-electron chi connectivity index (χ4n) is 2.34. The van der Waals surface area contributed by atoms with Gasteiger partial charge in [0.1, 0.15) is 7.85 Å². The predicted octanol–water partition coefficient (Wildman–Crippen LogP) is -2.00. The lowest BCUT2D eigenvalue weighted by Gasteiger charge is -2.32. The number of benzene rings is 1. The number of carbonyl (C=O) groups excluding carboxylic acids is 3. The molecule has 3 amide bonds. The summed E-state index contributed by atoms with van der Waals surface area (Å²) in [5, 5.41) is 40.6. The van der Waals surface area contributed by atoms with Crippen LogP contribution in [0.1, 0.15) is 29.8 Å². The lowest BCUT2D eigenvalue weighted by Crippen LogP contribution is -2.60. The Bertz CT molecular complexity index is 835. The van der Waals surface area contributed by atoms with E-state index >= 15 is 0 Å². The number of anilines is 1. The summed E-state index contributed by atoms with van der Waals surface area (Å²) in [7, 11) is 5.10. The molecule has 2 unspecified atom stereocenters. The van der Waals surface area contributed by atoms with E-state index in [0.717, 1.165) is 13.8 Å². The molecule has 10 nitrogen and oxygen atoms in total. The number of hydrogen-bond donors (Lipinski definition) is 6. The Morgan fingerprint density at radius 2 is 1.77 bits per heavy atom. The molecule has 1 aromatic rings. The van der Waals surface area contributed by atoms with E-state index in [1.54, 1.807) is 5.32 Å². The first-order valence-corrected chi connectivity index (χ1v) is 7.14. The second-order valence-electron chi connectivity index (χ2n) is 6.12. The summed E-state index contributed by atoms with van der Waals surface area (Å²) in [6, 6.07) is 0. The molecule has 138 valence electrons. The maximum absolute atomic E-state index is 13.7. The summed E-state index contributed by atoms with van der Waals surface area (Å²) in [4.78, 5) is 36.6. The predicted molar refractivity (Wildman–Crippen MR) is 84.2 cm³/mol. The lowest BCUT2D eigenvalue weighted by atomic mass is 9.83. The van der Waals surface area contributed by atoms with E-state index in [2.05, 4.69) is 0 Å². The van der Waals surface area contributed by atoms with Gasteiger partial charge in [-0.15, -0.1) is 0 Å². The Kier molecular flexibility index (Phi) is 4.38. The monoisotopic (exact) mass is 367 g/mol. The van der Waals surface area contributed by atoms with Crippen molar-refractivity contribution in [1.82, 2.24) is 10.2 Å². The van der Waals surface area contributed by atoms with Crippen LogP contribution in [0.4, 0.5) is 10.1 Å². The Morgan fingerprint density at radius 3 is 2.27 bits per heavy atom. The van der Waals surface area contributed by atoms with Gasteiger partial charge in [-0.2, -0.15) is 4.39 Å². The van der Waals surface area contributed by atoms with Crippen LogP contribution in [0, 0.1) is 5.82 Å².